The molecule has 176 valence electrons. The van der Waals surface area contributed by atoms with Gasteiger partial charge in [-0.05, 0) is 55.7 Å². The summed E-state index contributed by atoms with van der Waals surface area (Å²) in [5.74, 6) is 0.725. The topological polar surface area (TPSA) is 90.9 Å². The van der Waals surface area contributed by atoms with E-state index in [1.54, 1.807) is 24.1 Å². The Labute approximate surface area is 208 Å². The lowest BCUT2D eigenvalue weighted by Gasteiger charge is -2.18. The Kier molecular flexibility index (Phi) is 11.7. The summed E-state index contributed by atoms with van der Waals surface area (Å²) in [5.41, 5.74) is 2.79. The van der Waals surface area contributed by atoms with Crippen LogP contribution >= 0.6 is 24.0 Å². The van der Waals surface area contributed by atoms with E-state index in [1.807, 2.05) is 50.2 Å². The predicted octanol–water partition coefficient (Wildman–Crippen LogP) is 3.10. The Bertz CT molecular complexity index is 987. The van der Waals surface area contributed by atoms with Gasteiger partial charge in [0.1, 0.15) is 0 Å². The maximum atomic E-state index is 12.4. The van der Waals surface area contributed by atoms with Gasteiger partial charge in [-0.15, -0.1) is 24.0 Å². The van der Waals surface area contributed by atoms with Crippen LogP contribution in [0.4, 0.5) is 0 Å². The van der Waals surface area contributed by atoms with E-state index >= 15 is 0 Å². The summed E-state index contributed by atoms with van der Waals surface area (Å²) in [6, 6.07) is 14.5. The number of halogens is 1. The number of guanidine groups is 1. The number of nitrogens with one attached hydrogen (secondary N) is 2. The molecule has 7 nitrogen and oxygen atoms in total. The van der Waals surface area contributed by atoms with Gasteiger partial charge in [0.05, 0.1) is 4.90 Å². The van der Waals surface area contributed by atoms with Crippen LogP contribution in [-0.4, -0.2) is 58.1 Å². The second-order valence-electron chi connectivity index (χ2n) is 7.19. The van der Waals surface area contributed by atoms with E-state index in [4.69, 9.17) is 0 Å². The van der Waals surface area contributed by atoms with Gasteiger partial charge in [0.25, 0.3) is 5.91 Å². The van der Waals surface area contributed by atoms with E-state index in [2.05, 4.69) is 15.6 Å². The number of carbonyl (C=O) groups excluding carboxylic acids is 1. The SMILES string of the molecule is CCN(CC)C(=O)c1ccc(CNC(=NC)NCCc2ccc(S(C)(=O)=O)cc2)cc1.I. The smallest absolute Gasteiger partial charge is 0.253 e. The van der Waals surface area contributed by atoms with Crippen LogP contribution in [0.15, 0.2) is 58.4 Å². The largest absolute Gasteiger partial charge is 0.356 e. The first-order valence-electron chi connectivity index (χ1n) is 10.4. The van der Waals surface area contributed by atoms with Crippen molar-refractivity contribution in [3.05, 3.63) is 65.2 Å². The number of amides is 1. The molecule has 9 heteroatoms. The number of rotatable bonds is 9. The van der Waals surface area contributed by atoms with Gasteiger partial charge in [-0.25, -0.2) is 8.42 Å². The molecule has 0 radical (unpaired) electrons. The van der Waals surface area contributed by atoms with Crippen molar-refractivity contribution in [1.82, 2.24) is 15.5 Å². The lowest BCUT2D eigenvalue weighted by Crippen LogP contribution is -2.37. The third-order valence-electron chi connectivity index (χ3n) is 4.99. The van der Waals surface area contributed by atoms with Crippen LogP contribution in [0, 0.1) is 0 Å². The molecule has 0 aromatic heterocycles. The lowest BCUT2D eigenvalue weighted by molar-refractivity contribution is 0.0773. The van der Waals surface area contributed by atoms with Crippen molar-refractivity contribution >= 4 is 45.7 Å². The molecule has 0 aliphatic heterocycles. The molecule has 2 aromatic carbocycles. The average molecular weight is 573 g/mol. The number of hydrogen-bond acceptors (Lipinski definition) is 4. The second kappa shape index (κ2) is 13.4. The highest BCUT2D eigenvalue weighted by molar-refractivity contribution is 14.0. The van der Waals surface area contributed by atoms with Crippen molar-refractivity contribution in [2.75, 3.05) is 32.9 Å². The molecule has 0 aliphatic carbocycles. The molecular weight excluding hydrogens is 539 g/mol. The Hall–Kier alpha value is -2.14. The molecule has 2 aromatic rings. The summed E-state index contributed by atoms with van der Waals surface area (Å²) in [6.45, 7) is 6.59. The van der Waals surface area contributed by atoms with Crippen LogP contribution in [0.1, 0.15) is 35.3 Å². The minimum atomic E-state index is -3.17. The zero-order valence-corrected chi connectivity index (χ0v) is 22.2. The number of benzene rings is 2. The highest BCUT2D eigenvalue weighted by Gasteiger charge is 2.12. The summed E-state index contributed by atoms with van der Waals surface area (Å²) in [6.07, 6.45) is 1.95. The third kappa shape index (κ3) is 8.42. The molecule has 32 heavy (non-hydrogen) atoms. The first-order valence-corrected chi connectivity index (χ1v) is 12.3. The lowest BCUT2D eigenvalue weighted by atomic mass is 10.1. The van der Waals surface area contributed by atoms with Gasteiger partial charge in [0.15, 0.2) is 15.8 Å². The summed E-state index contributed by atoms with van der Waals surface area (Å²) in [4.78, 5) is 18.7. The van der Waals surface area contributed by atoms with Crippen molar-refractivity contribution in [2.45, 2.75) is 31.7 Å². The molecule has 0 saturated heterocycles. The first-order chi connectivity index (χ1) is 14.8. The molecule has 0 unspecified atom stereocenters. The standard InChI is InChI=1S/C23H32N4O3S.HI/c1-5-27(6-2)22(28)20-11-7-19(8-12-20)17-26-23(24-3)25-16-15-18-9-13-21(14-10-18)31(4,29)30;/h7-14H,5-6,15-17H2,1-4H3,(H2,24,25,26);1H. The summed E-state index contributed by atoms with van der Waals surface area (Å²) in [7, 11) is -1.46. The molecule has 1 amide bonds. The van der Waals surface area contributed by atoms with E-state index in [9.17, 15) is 13.2 Å². The van der Waals surface area contributed by atoms with E-state index in [1.165, 1.54) is 6.26 Å². The molecule has 0 saturated carbocycles. The van der Waals surface area contributed by atoms with Crippen LogP contribution in [0.3, 0.4) is 0 Å². The summed E-state index contributed by atoms with van der Waals surface area (Å²) in [5, 5.41) is 6.51. The van der Waals surface area contributed by atoms with Gasteiger partial charge in [0, 0.05) is 45.0 Å². The average Bonchev–Trinajstić information content (AvgIpc) is 2.77. The maximum absolute atomic E-state index is 12.4. The van der Waals surface area contributed by atoms with E-state index < -0.39 is 9.84 Å². The number of hydrogen-bond donors (Lipinski definition) is 2. The van der Waals surface area contributed by atoms with Crippen molar-refractivity contribution < 1.29 is 13.2 Å². The maximum Gasteiger partial charge on any atom is 0.253 e. The van der Waals surface area contributed by atoms with Crippen LogP contribution < -0.4 is 10.6 Å². The van der Waals surface area contributed by atoms with Crippen molar-refractivity contribution in [3.63, 3.8) is 0 Å². The minimum Gasteiger partial charge on any atom is -0.356 e. The first kappa shape index (κ1) is 27.9. The summed E-state index contributed by atoms with van der Waals surface area (Å²) >= 11 is 0. The number of sulfone groups is 1. The third-order valence-corrected chi connectivity index (χ3v) is 6.12. The van der Waals surface area contributed by atoms with Gasteiger partial charge in [0.2, 0.25) is 0 Å². The fourth-order valence-corrected chi connectivity index (χ4v) is 3.72. The molecule has 0 atom stereocenters. The van der Waals surface area contributed by atoms with Gasteiger partial charge >= 0.3 is 0 Å². The van der Waals surface area contributed by atoms with Crippen LogP contribution in [-0.2, 0) is 22.8 Å². The van der Waals surface area contributed by atoms with E-state index in [0.29, 0.717) is 42.6 Å². The van der Waals surface area contributed by atoms with E-state index in [-0.39, 0.29) is 29.9 Å². The Balaban J connectivity index is 0.00000512. The van der Waals surface area contributed by atoms with Gasteiger partial charge in [-0.3, -0.25) is 9.79 Å². The van der Waals surface area contributed by atoms with Crippen molar-refractivity contribution in [3.8, 4) is 0 Å². The highest BCUT2D eigenvalue weighted by atomic mass is 127. The quantitative estimate of drug-likeness (QED) is 0.274. The van der Waals surface area contributed by atoms with Gasteiger partial charge in [-0.1, -0.05) is 24.3 Å². The van der Waals surface area contributed by atoms with Gasteiger partial charge in [-0.2, -0.15) is 0 Å². The minimum absolute atomic E-state index is 0. The summed E-state index contributed by atoms with van der Waals surface area (Å²) < 4.78 is 23.1. The predicted molar refractivity (Wildman–Crippen MR) is 141 cm³/mol. The Morgan fingerprint density at radius 3 is 2.00 bits per heavy atom. The van der Waals surface area contributed by atoms with Crippen LogP contribution in [0.5, 0.6) is 0 Å². The number of carbonyl (C=O) groups is 1. The normalized spacial score (nSPS) is 11.4. The second-order valence-corrected chi connectivity index (χ2v) is 9.21. The van der Waals surface area contributed by atoms with Crippen molar-refractivity contribution in [2.24, 2.45) is 4.99 Å². The molecular formula is C23H33IN4O3S. The molecule has 0 aliphatic rings. The molecule has 2 rings (SSSR count). The van der Waals surface area contributed by atoms with E-state index in [0.717, 1.165) is 17.5 Å². The highest BCUT2D eigenvalue weighted by Crippen LogP contribution is 2.11. The fraction of sp³-hybridized carbons (Fsp3) is 0.391. The zero-order chi connectivity index (χ0) is 22.9. The molecule has 0 fully saturated rings. The van der Waals surface area contributed by atoms with Crippen molar-refractivity contribution in [1.29, 1.82) is 0 Å². The number of nitrogens with zero attached hydrogens (tertiary/aromatic N) is 2. The molecule has 0 heterocycles. The van der Waals surface area contributed by atoms with Crippen LogP contribution in [0.25, 0.3) is 0 Å². The Morgan fingerprint density at radius 1 is 0.938 bits per heavy atom. The number of aliphatic imine (C=N–C) groups is 1. The van der Waals surface area contributed by atoms with Crippen LogP contribution in [0.2, 0.25) is 0 Å². The fourth-order valence-electron chi connectivity index (χ4n) is 3.09. The monoisotopic (exact) mass is 572 g/mol. The molecule has 0 bridgehead atoms. The van der Waals surface area contributed by atoms with Gasteiger partial charge < -0.3 is 15.5 Å². The molecule has 0 spiro atoms. The Morgan fingerprint density at radius 2 is 1.50 bits per heavy atom. The zero-order valence-electron chi connectivity index (χ0n) is 19.1. The molecule has 2 N–H and O–H groups in total.